The second kappa shape index (κ2) is 6.73. The molecule has 0 aliphatic heterocycles. The van der Waals surface area contributed by atoms with Crippen LogP contribution in [0.4, 0.5) is 15.9 Å². The molecular formula is C17H18ClFN4O. The molecule has 1 aliphatic carbocycles. The standard InChI is InChI=1S/C17H18ClFN4O/c1-10(16(24)20-12-6-3-5-11(19)9-12)23(2)15-13-7-4-8-14(13)21-17(18)22-15/h3,5-6,9-10H,4,7-8H2,1-2H3,(H,20,24)/t10-/m1/s1. The fourth-order valence-electron chi connectivity index (χ4n) is 2.85. The molecule has 24 heavy (non-hydrogen) atoms. The zero-order valence-corrected chi connectivity index (χ0v) is 14.3. The lowest BCUT2D eigenvalue weighted by atomic mass is 10.2. The molecule has 1 N–H and O–H groups in total. The molecule has 3 rings (SSSR count). The van der Waals surface area contributed by atoms with Crippen LogP contribution >= 0.6 is 11.6 Å². The number of nitrogens with one attached hydrogen (secondary N) is 1. The van der Waals surface area contributed by atoms with E-state index in [4.69, 9.17) is 11.6 Å². The van der Waals surface area contributed by atoms with Crippen LogP contribution < -0.4 is 10.2 Å². The molecule has 1 atom stereocenters. The Labute approximate surface area is 144 Å². The smallest absolute Gasteiger partial charge is 0.246 e. The molecule has 0 fully saturated rings. The SMILES string of the molecule is C[C@H](C(=O)Nc1cccc(F)c1)N(C)c1nc(Cl)nc2c1CCC2. The molecule has 1 heterocycles. The van der Waals surface area contributed by atoms with E-state index in [9.17, 15) is 9.18 Å². The fraction of sp³-hybridized carbons (Fsp3) is 0.353. The summed E-state index contributed by atoms with van der Waals surface area (Å²) in [6.07, 6.45) is 2.77. The van der Waals surface area contributed by atoms with E-state index in [0.717, 1.165) is 30.5 Å². The Morgan fingerprint density at radius 2 is 2.17 bits per heavy atom. The monoisotopic (exact) mass is 348 g/mol. The highest BCUT2D eigenvalue weighted by molar-refractivity contribution is 6.28. The van der Waals surface area contributed by atoms with Crippen molar-refractivity contribution in [2.45, 2.75) is 32.2 Å². The van der Waals surface area contributed by atoms with Gasteiger partial charge in [-0.15, -0.1) is 0 Å². The number of likely N-dealkylation sites (N-methyl/N-ethyl adjacent to an activating group) is 1. The Morgan fingerprint density at radius 1 is 1.38 bits per heavy atom. The van der Waals surface area contributed by atoms with E-state index in [1.54, 1.807) is 31.0 Å². The van der Waals surface area contributed by atoms with Crippen molar-refractivity contribution < 1.29 is 9.18 Å². The first-order chi connectivity index (χ1) is 11.5. The number of nitrogens with zero attached hydrogens (tertiary/aromatic N) is 3. The lowest BCUT2D eigenvalue weighted by molar-refractivity contribution is -0.117. The highest BCUT2D eigenvalue weighted by Gasteiger charge is 2.26. The van der Waals surface area contributed by atoms with E-state index < -0.39 is 11.9 Å². The number of rotatable bonds is 4. The minimum Gasteiger partial charge on any atom is -0.348 e. The molecule has 1 aliphatic rings. The maximum atomic E-state index is 13.2. The number of benzene rings is 1. The molecular weight excluding hydrogens is 331 g/mol. The first-order valence-corrected chi connectivity index (χ1v) is 8.18. The number of hydrogen-bond donors (Lipinski definition) is 1. The molecule has 0 bridgehead atoms. The largest absolute Gasteiger partial charge is 0.348 e. The second-order valence-corrected chi connectivity index (χ2v) is 6.22. The number of carbonyl (C=O) groups excluding carboxylic acids is 1. The average molecular weight is 349 g/mol. The summed E-state index contributed by atoms with van der Waals surface area (Å²) in [6, 6.07) is 5.31. The Bertz CT molecular complexity index is 783. The minimum absolute atomic E-state index is 0.190. The van der Waals surface area contributed by atoms with Crippen LogP contribution in [0.2, 0.25) is 5.28 Å². The number of aromatic nitrogens is 2. The fourth-order valence-corrected chi connectivity index (χ4v) is 3.03. The highest BCUT2D eigenvalue weighted by Crippen LogP contribution is 2.30. The summed E-state index contributed by atoms with van der Waals surface area (Å²) >= 11 is 6.01. The van der Waals surface area contributed by atoms with Crippen LogP contribution in [0.5, 0.6) is 0 Å². The molecule has 5 nitrogen and oxygen atoms in total. The number of hydrogen-bond acceptors (Lipinski definition) is 4. The van der Waals surface area contributed by atoms with Crippen LogP contribution in [0.1, 0.15) is 24.6 Å². The lowest BCUT2D eigenvalue weighted by Crippen LogP contribution is -2.40. The third-order valence-electron chi connectivity index (χ3n) is 4.27. The van der Waals surface area contributed by atoms with Crippen molar-refractivity contribution in [1.82, 2.24) is 9.97 Å². The van der Waals surface area contributed by atoms with Crippen LogP contribution in [0.3, 0.4) is 0 Å². The number of anilines is 2. The van der Waals surface area contributed by atoms with Crippen LogP contribution in [-0.4, -0.2) is 29.0 Å². The summed E-state index contributed by atoms with van der Waals surface area (Å²) in [5, 5.41) is 2.91. The van der Waals surface area contributed by atoms with Crippen molar-refractivity contribution in [2.75, 3.05) is 17.3 Å². The summed E-state index contributed by atoms with van der Waals surface area (Å²) in [7, 11) is 1.80. The zero-order valence-electron chi connectivity index (χ0n) is 13.5. The van der Waals surface area contributed by atoms with Crippen molar-refractivity contribution in [2.24, 2.45) is 0 Å². The highest BCUT2D eigenvalue weighted by atomic mass is 35.5. The zero-order chi connectivity index (χ0) is 17.3. The Kier molecular flexibility index (Phi) is 4.66. The van der Waals surface area contributed by atoms with E-state index in [-0.39, 0.29) is 11.2 Å². The van der Waals surface area contributed by atoms with Crippen LogP contribution in [-0.2, 0) is 17.6 Å². The van der Waals surface area contributed by atoms with E-state index in [1.807, 2.05) is 0 Å². The van der Waals surface area contributed by atoms with Gasteiger partial charge in [-0.2, -0.15) is 0 Å². The quantitative estimate of drug-likeness (QED) is 0.862. The van der Waals surface area contributed by atoms with Gasteiger partial charge in [0.2, 0.25) is 11.2 Å². The predicted octanol–water partition coefficient (Wildman–Crippen LogP) is 3.22. The molecule has 126 valence electrons. The summed E-state index contributed by atoms with van der Waals surface area (Å²) in [6.45, 7) is 1.77. The van der Waals surface area contributed by atoms with E-state index >= 15 is 0 Å². The molecule has 0 unspecified atom stereocenters. The number of carbonyl (C=O) groups is 1. The number of amides is 1. The molecule has 2 aromatic rings. The molecule has 1 amide bonds. The van der Waals surface area contributed by atoms with Gasteiger partial charge in [-0.25, -0.2) is 14.4 Å². The summed E-state index contributed by atoms with van der Waals surface area (Å²) in [5.74, 6) is 0.0446. The van der Waals surface area contributed by atoms with E-state index in [1.165, 1.54) is 12.1 Å². The maximum absolute atomic E-state index is 13.2. The van der Waals surface area contributed by atoms with Crippen molar-refractivity contribution in [1.29, 1.82) is 0 Å². The number of halogens is 2. The summed E-state index contributed by atoms with van der Waals surface area (Å²) < 4.78 is 13.2. The first-order valence-electron chi connectivity index (χ1n) is 7.80. The van der Waals surface area contributed by atoms with Gasteiger partial charge in [0.05, 0.1) is 5.69 Å². The van der Waals surface area contributed by atoms with Crippen LogP contribution in [0.25, 0.3) is 0 Å². The second-order valence-electron chi connectivity index (χ2n) is 5.88. The molecule has 0 radical (unpaired) electrons. The molecule has 0 spiro atoms. The van der Waals surface area contributed by atoms with Crippen LogP contribution in [0.15, 0.2) is 24.3 Å². The number of aryl methyl sites for hydroxylation is 1. The van der Waals surface area contributed by atoms with Gasteiger partial charge in [0.15, 0.2) is 0 Å². The van der Waals surface area contributed by atoms with Crippen molar-refractivity contribution >= 4 is 29.0 Å². The van der Waals surface area contributed by atoms with Crippen LogP contribution in [0, 0.1) is 5.82 Å². The predicted molar refractivity (Wildman–Crippen MR) is 92.0 cm³/mol. The summed E-state index contributed by atoms with van der Waals surface area (Å²) in [5.41, 5.74) is 2.42. The number of fused-ring (bicyclic) bond motifs is 1. The van der Waals surface area contributed by atoms with Gasteiger partial charge in [-0.3, -0.25) is 4.79 Å². The van der Waals surface area contributed by atoms with E-state index in [0.29, 0.717) is 11.5 Å². The lowest BCUT2D eigenvalue weighted by Gasteiger charge is -2.27. The average Bonchev–Trinajstić information content (AvgIpc) is 3.00. The van der Waals surface area contributed by atoms with Gasteiger partial charge in [0.25, 0.3) is 0 Å². The molecule has 0 saturated carbocycles. The van der Waals surface area contributed by atoms with Crippen molar-refractivity contribution in [3.05, 3.63) is 46.6 Å². The third kappa shape index (κ3) is 3.33. The minimum atomic E-state index is -0.496. The van der Waals surface area contributed by atoms with E-state index in [2.05, 4.69) is 15.3 Å². The first kappa shape index (κ1) is 16.6. The molecule has 1 aromatic carbocycles. The molecule has 1 aromatic heterocycles. The Hall–Kier alpha value is -2.21. The molecule has 7 heteroatoms. The van der Waals surface area contributed by atoms with Gasteiger partial charge in [0.1, 0.15) is 17.7 Å². The Morgan fingerprint density at radius 3 is 2.92 bits per heavy atom. The van der Waals surface area contributed by atoms with Gasteiger partial charge in [-0.1, -0.05) is 6.07 Å². The van der Waals surface area contributed by atoms with Crippen molar-refractivity contribution in [3.8, 4) is 0 Å². The third-order valence-corrected chi connectivity index (χ3v) is 4.44. The van der Waals surface area contributed by atoms with Crippen molar-refractivity contribution in [3.63, 3.8) is 0 Å². The molecule has 0 saturated heterocycles. The normalized spacial score (nSPS) is 14.2. The topological polar surface area (TPSA) is 58.1 Å². The van der Waals surface area contributed by atoms with Gasteiger partial charge in [0, 0.05) is 18.3 Å². The summed E-state index contributed by atoms with van der Waals surface area (Å²) in [4.78, 5) is 22.8. The van der Waals surface area contributed by atoms with Gasteiger partial charge < -0.3 is 10.2 Å². The maximum Gasteiger partial charge on any atom is 0.246 e. The van der Waals surface area contributed by atoms with Gasteiger partial charge >= 0.3 is 0 Å². The Balaban J connectivity index is 1.80. The van der Waals surface area contributed by atoms with Gasteiger partial charge in [-0.05, 0) is 56.0 Å².